The van der Waals surface area contributed by atoms with Crippen LogP contribution in [0.4, 0.5) is 11.9 Å². The zero-order valence-corrected chi connectivity index (χ0v) is 17.5. The number of halogens is 1. The predicted octanol–water partition coefficient (Wildman–Crippen LogP) is 4.33. The van der Waals surface area contributed by atoms with Crippen LogP contribution < -0.4 is 15.6 Å². The lowest BCUT2D eigenvalue weighted by Gasteiger charge is -2.10. The van der Waals surface area contributed by atoms with Crippen LogP contribution in [0.5, 0.6) is 5.75 Å². The fraction of sp³-hybridized carbons (Fsp3) is 0.182. The Hall–Kier alpha value is -3.45. The minimum Gasteiger partial charge on any atom is -0.497 e. The number of ether oxygens (including phenoxy) is 1. The van der Waals surface area contributed by atoms with Crippen molar-refractivity contribution in [2.75, 3.05) is 12.4 Å². The number of nitrogens with zero attached hydrogens (tertiary/aromatic N) is 3. The highest BCUT2D eigenvalue weighted by atomic mass is 35.5. The summed E-state index contributed by atoms with van der Waals surface area (Å²) < 4.78 is 5.26. The van der Waals surface area contributed by atoms with Crippen LogP contribution in [0.15, 0.2) is 47.3 Å². The number of benzene rings is 2. The second kappa shape index (κ2) is 8.12. The van der Waals surface area contributed by atoms with Gasteiger partial charge in [-0.25, -0.2) is 15.0 Å². The third kappa shape index (κ3) is 4.11. The van der Waals surface area contributed by atoms with Crippen LogP contribution in [-0.2, 0) is 6.42 Å². The summed E-state index contributed by atoms with van der Waals surface area (Å²) in [6.45, 7) is 3.70. The van der Waals surface area contributed by atoms with Gasteiger partial charge in [0.15, 0.2) is 0 Å². The van der Waals surface area contributed by atoms with Crippen LogP contribution in [-0.4, -0.2) is 27.0 Å². The van der Waals surface area contributed by atoms with E-state index in [2.05, 4.69) is 25.3 Å². The van der Waals surface area contributed by atoms with Crippen molar-refractivity contribution in [1.29, 1.82) is 0 Å². The molecule has 152 valence electrons. The van der Waals surface area contributed by atoms with Gasteiger partial charge in [0.05, 0.1) is 24.0 Å². The van der Waals surface area contributed by atoms with Gasteiger partial charge in [0.2, 0.25) is 11.9 Å². The Labute approximate surface area is 178 Å². The summed E-state index contributed by atoms with van der Waals surface area (Å²) in [4.78, 5) is 28.9. The van der Waals surface area contributed by atoms with Gasteiger partial charge in [-0.05, 0) is 49.7 Å². The Kier molecular flexibility index (Phi) is 5.37. The van der Waals surface area contributed by atoms with Gasteiger partial charge in [-0.15, -0.1) is 0 Å². The Morgan fingerprint density at radius 1 is 1.03 bits per heavy atom. The van der Waals surface area contributed by atoms with Crippen molar-refractivity contribution < 1.29 is 4.74 Å². The molecule has 0 amide bonds. The van der Waals surface area contributed by atoms with E-state index < -0.39 is 0 Å². The van der Waals surface area contributed by atoms with E-state index in [1.807, 2.05) is 44.2 Å². The van der Waals surface area contributed by atoms with E-state index in [-0.39, 0.29) is 5.56 Å². The van der Waals surface area contributed by atoms with Gasteiger partial charge in [-0.3, -0.25) is 15.1 Å². The number of rotatable bonds is 5. The lowest BCUT2D eigenvalue weighted by atomic mass is 10.1. The van der Waals surface area contributed by atoms with Crippen LogP contribution in [0.2, 0.25) is 5.02 Å². The van der Waals surface area contributed by atoms with Crippen molar-refractivity contribution in [2.45, 2.75) is 20.3 Å². The van der Waals surface area contributed by atoms with Gasteiger partial charge in [0, 0.05) is 22.4 Å². The maximum atomic E-state index is 12.7. The molecule has 0 saturated heterocycles. The molecule has 0 saturated carbocycles. The fourth-order valence-electron chi connectivity index (χ4n) is 3.23. The van der Waals surface area contributed by atoms with E-state index in [4.69, 9.17) is 16.3 Å². The zero-order chi connectivity index (χ0) is 21.3. The predicted molar refractivity (Wildman–Crippen MR) is 118 cm³/mol. The average Bonchev–Trinajstić information content (AvgIpc) is 2.72. The monoisotopic (exact) mass is 421 g/mol. The number of H-pyrrole nitrogens is 1. The van der Waals surface area contributed by atoms with Crippen LogP contribution >= 0.6 is 11.6 Å². The number of hydrogen-bond acceptors (Lipinski definition) is 6. The highest BCUT2D eigenvalue weighted by Crippen LogP contribution is 2.23. The van der Waals surface area contributed by atoms with Crippen LogP contribution in [0.1, 0.15) is 22.5 Å². The summed E-state index contributed by atoms with van der Waals surface area (Å²) in [5.74, 6) is 1.40. The van der Waals surface area contributed by atoms with Crippen molar-refractivity contribution in [3.05, 3.63) is 80.4 Å². The molecule has 0 aliphatic carbocycles. The lowest BCUT2D eigenvalue weighted by Crippen LogP contribution is -2.19. The third-order valence-corrected chi connectivity index (χ3v) is 5.09. The number of fused-ring (bicyclic) bond motifs is 1. The summed E-state index contributed by atoms with van der Waals surface area (Å²) >= 11 is 5.93. The SMILES string of the molecule is COc1ccc2nc(Nc3nc(C)c(Cc4ccc(Cl)cc4)c(=O)[nH]3)nc(C)c2c1. The minimum absolute atomic E-state index is 0.206. The maximum Gasteiger partial charge on any atom is 0.256 e. The number of hydrogen-bond donors (Lipinski definition) is 2. The maximum absolute atomic E-state index is 12.7. The van der Waals surface area contributed by atoms with E-state index in [0.29, 0.717) is 34.6 Å². The van der Waals surface area contributed by atoms with Gasteiger partial charge in [0.1, 0.15) is 5.75 Å². The molecule has 4 aromatic rings. The largest absolute Gasteiger partial charge is 0.497 e. The zero-order valence-electron chi connectivity index (χ0n) is 16.8. The Morgan fingerprint density at radius 2 is 1.80 bits per heavy atom. The van der Waals surface area contributed by atoms with Crippen molar-refractivity contribution in [2.24, 2.45) is 0 Å². The van der Waals surface area contributed by atoms with E-state index in [1.54, 1.807) is 19.2 Å². The molecule has 2 aromatic heterocycles. The highest BCUT2D eigenvalue weighted by molar-refractivity contribution is 6.30. The number of aromatic nitrogens is 4. The van der Waals surface area contributed by atoms with Gasteiger partial charge in [-0.1, -0.05) is 23.7 Å². The molecule has 8 heteroatoms. The van der Waals surface area contributed by atoms with Crippen LogP contribution in [0.25, 0.3) is 10.9 Å². The average molecular weight is 422 g/mol. The van der Waals surface area contributed by atoms with Gasteiger partial charge >= 0.3 is 0 Å². The molecule has 0 atom stereocenters. The van der Waals surface area contributed by atoms with E-state index >= 15 is 0 Å². The fourth-order valence-corrected chi connectivity index (χ4v) is 3.36. The molecule has 0 unspecified atom stereocenters. The van der Waals surface area contributed by atoms with E-state index in [9.17, 15) is 4.79 Å². The second-order valence-corrected chi connectivity index (χ2v) is 7.36. The molecule has 7 nitrogen and oxygen atoms in total. The smallest absolute Gasteiger partial charge is 0.256 e. The molecule has 4 rings (SSSR count). The van der Waals surface area contributed by atoms with Crippen LogP contribution in [0.3, 0.4) is 0 Å². The third-order valence-electron chi connectivity index (χ3n) is 4.84. The summed E-state index contributed by atoms with van der Waals surface area (Å²) in [5.41, 5.74) is 3.58. The first-order valence-electron chi connectivity index (χ1n) is 9.36. The lowest BCUT2D eigenvalue weighted by molar-refractivity contribution is 0.415. The van der Waals surface area contributed by atoms with Gasteiger partial charge < -0.3 is 4.74 Å². The molecule has 0 radical (unpaired) electrons. The first-order chi connectivity index (χ1) is 14.4. The Balaban J connectivity index is 1.62. The molecule has 0 bridgehead atoms. The van der Waals surface area contributed by atoms with E-state index in [1.165, 1.54) is 0 Å². The number of nitrogens with one attached hydrogen (secondary N) is 2. The first-order valence-corrected chi connectivity index (χ1v) is 9.74. The van der Waals surface area contributed by atoms with E-state index in [0.717, 1.165) is 27.9 Å². The van der Waals surface area contributed by atoms with Crippen molar-refractivity contribution in [1.82, 2.24) is 19.9 Å². The summed E-state index contributed by atoms with van der Waals surface area (Å²) in [5, 5.41) is 4.57. The minimum atomic E-state index is -0.206. The molecule has 2 heterocycles. The molecule has 0 aliphatic heterocycles. The number of aromatic amines is 1. The molecule has 30 heavy (non-hydrogen) atoms. The van der Waals surface area contributed by atoms with Crippen LogP contribution in [0, 0.1) is 13.8 Å². The molecular formula is C22H20ClN5O2. The molecule has 0 spiro atoms. The number of anilines is 2. The Bertz CT molecular complexity index is 1290. The summed E-state index contributed by atoms with van der Waals surface area (Å²) in [7, 11) is 1.62. The normalized spacial score (nSPS) is 10.9. The molecule has 2 aromatic carbocycles. The van der Waals surface area contributed by atoms with Crippen molar-refractivity contribution >= 4 is 34.4 Å². The highest BCUT2D eigenvalue weighted by Gasteiger charge is 2.12. The van der Waals surface area contributed by atoms with Gasteiger partial charge in [0.25, 0.3) is 5.56 Å². The molecular weight excluding hydrogens is 402 g/mol. The quantitative estimate of drug-likeness (QED) is 0.498. The second-order valence-electron chi connectivity index (χ2n) is 6.92. The standard InChI is InChI=1S/C22H20ClN5O2/c1-12-17-11-16(30-3)8-9-19(17)26-21(24-12)28-22-25-13(2)18(20(29)27-22)10-14-4-6-15(23)7-5-14/h4-9,11H,10H2,1-3H3,(H2,24,25,26,27,28,29). The molecule has 0 aliphatic rings. The first kappa shape index (κ1) is 19.8. The van der Waals surface area contributed by atoms with Crippen molar-refractivity contribution in [3.63, 3.8) is 0 Å². The Morgan fingerprint density at radius 3 is 2.50 bits per heavy atom. The number of methoxy groups -OCH3 is 1. The summed E-state index contributed by atoms with van der Waals surface area (Å²) in [6, 6.07) is 13.0. The van der Waals surface area contributed by atoms with Crippen molar-refractivity contribution in [3.8, 4) is 5.75 Å². The number of aryl methyl sites for hydroxylation is 2. The topological polar surface area (TPSA) is 92.8 Å². The van der Waals surface area contributed by atoms with Gasteiger partial charge in [-0.2, -0.15) is 0 Å². The molecule has 2 N–H and O–H groups in total. The molecule has 0 fully saturated rings. The summed E-state index contributed by atoms with van der Waals surface area (Å²) in [6.07, 6.45) is 0.471.